The van der Waals surface area contributed by atoms with Gasteiger partial charge in [0.25, 0.3) is 0 Å². The number of benzene rings is 1. The minimum absolute atomic E-state index is 0.000654. The number of nitrogens with zero attached hydrogens (tertiary/aromatic N) is 2. The van der Waals surface area contributed by atoms with Crippen LogP contribution in [0, 0.1) is 0 Å². The van der Waals surface area contributed by atoms with E-state index in [0.29, 0.717) is 0 Å². The number of hydrazine groups is 1. The van der Waals surface area contributed by atoms with E-state index in [1.807, 2.05) is 41.3 Å². The van der Waals surface area contributed by atoms with Crippen LogP contribution in [0.15, 0.2) is 36.7 Å². The zero-order chi connectivity index (χ0) is 13.0. The molecule has 5 heteroatoms. The zero-order valence-electron chi connectivity index (χ0n) is 10.5. The normalized spacial score (nSPS) is 12.6. The van der Waals surface area contributed by atoms with Gasteiger partial charge in [0.1, 0.15) is 0 Å². The SMILES string of the molecule is CCn1cc(CC(NN)c2ccccc2N)cn1. The number of aromatic nitrogens is 2. The topological polar surface area (TPSA) is 81.9 Å². The van der Waals surface area contributed by atoms with Gasteiger partial charge in [-0.1, -0.05) is 18.2 Å². The number of hydrogen-bond acceptors (Lipinski definition) is 4. The second kappa shape index (κ2) is 5.66. The maximum Gasteiger partial charge on any atom is 0.0522 e. The minimum Gasteiger partial charge on any atom is -0.398 e. The molecular weight excluding hydrogens is 226 g/mol. The van der Waals surface area contributed by atoms with Crippen molar-refractivity contribution in [1.82, 2.24) is 15.2 Å². The van der Waals surface area contributed by atoms with Crippen molar-refractivity contribution in [2.24, 2.45) is 5.84 Å². The summed E-state index contributed by atoms with van der Waals surface area (Å²) in [6.45, 7) is 2.93. The minimum atomic E-state index is 0.000654. The smallest absolute Gasteiger partial charge is 0.0522 e. The van der Waals surface area contributed by atoms with Crippen LogP contribution in [0.25, 0.3) is 0 Å². The summed E-state index contributed by atoms with van der Waals surface area (Å²) in [7, 11) is 0. The molecule has 0 radical (unpaired) electrons. The van der Waals surface area contributed by atoms with E-state index in [2.05, 4.69) is 17.4 Å². The highest BCUT2D eigenvalue weighted by Gasteiger charge is 2.13. The van der Waals surface area contributed by atoms with E-state index < -0.39 is 0 Å². The quantitative estimate of drug-likeness (QED) is 0.420. The van der Waals surface area contributed by atoms with Crippen LogP contribution in [0.2, 0.25) is 0 Å². The molecule has 5 N–H and O–H groups in total. The van der Waals surface area contributed by atoms with Crippen LogP contribution in [0.3, 0.4) is 0 Å². The molecular formula is C13H19N5. The molecule has 2 rings (SSSR count). The number of hydrogen-bond donors (Lipinski definition) is 3. The number of aryl methyl sites for hydroxylation is 1. The van der Waals surface area contributed by atoms with E-state index in [-0.39, 0.29) is 6.04 Å². The largest absolute Gasteiger partial charge is 0.398 e. The predicted octanol–water partition coefficient (Wildman–Crippen LogP) is 1.23. The average Bonchev–Trinajstić information content (AvgIpc) is 2.85. The molecule has 96 valence electrons. The summed E-state index contributed by atoms with van der Waals surface area (Å²) in [6.07, 6.45) is 4.67. The van der Waals surface area contributed by atoms with Gasteiger partial charge in [-0.2, -0.15) is 5.10 Å². The van der Waals surface area contributed by atoms with Crippen LogP contribution >= 0.6 is 0 Å². The van der Waals surface area contributed by atoms with Gasteiger partial charge in [0.2, 0.25) is 0 Å². The molecule has 0 aliphatic rings. The van der Waals surface area contributed by atoms with Crippen molar-refractivity contribution < 1.29 is 0 Å². The Labute approximate surface area is 107 Å². The molecule has 0 amide bonds. The zero-order valence-corrected chi connectivity index (χ0v) is 10.5. The Morgan fingerprint density at radius 2 is 2.17 bits per heavy atom. The highest BCUT2D eigenvalue weighted by atomic mass is 15.3. The second-order valence-electron chi connectivity index (χ2n) is 4.26. The van der Waals surface area contributed by atoms with E-state index in [1.165, 1.54) is 0 Å². The van der Waals surface area contributed by atoms with Crippen molar-refractivity contribution in [2.75, 3.05) is 5.73 Å². The van der Waals surface area contributed by atoms with E-state index >= 15 is 0 Å². The highest BCUT2D eigenvalue weighted by Crippen LogP contribution is 2.22. The highest BCUT2D eigenvalue weighted by molar-refractivity contribution is 5.48. The Bertz CT molecular complexity index is 506. The summed E-state index contributed by atoms with van der Waals surface area (Å²) in [5.41, 5.74) is 11.7. The van der Waals surface area contributed by atoms with Crippen LogP contribution in [0.1, 0.15) is 24.1 Å². The van der Waals surface area contributed by atoms with Gasteiger partial charge in [-0.05, 0) is 30.5 Å². The van der Waals surface area contributed by atoms with Crippen molar-refractivity contribution in [1.29, 1.82) is 0 Å². The maximum absolute atomic E-state index is 5.97. The number of nitrogen functional groups attached to an aromatic ring is 1. The first-order valence-electron chi connectivity index (χ1n) is 6.06. The summed E-state index contributed by atoms with van der Waals surface area (Å²) in [5, 5.41) is 4.25. The van der Waals surface area contributed by atoms with E-state index in [0.717, 1.165) is 29.8 Å². The van der Waals surface area contributed by atoms with Gasteiger partial charge in [-0.15, -0.1) is 0 Å². The lowest BCUT2D eigenvalue weighted by molar-refractivity contribution is 0.553. The van der Waals surface area contributed by atoms with Crippen LogP contribution in [0.5, 0.6) is 0 Å². The van der Waals surface area contributed by atoms with E-state index in [9.17, 15) is 0 Å². The van der Waals surface area contributed by atoms with E-state index in [4.69, 9.17) is 11.6 Å². The first-order valence-corrected chi connectivity index (χ1v) is 6.06. The molecule has 0 aliphatic heterocycles. The number of rotatable bonds is 5. The van der Waals surface area contributed by atoms with E-state index in [1.54, 1.807) is 0 Å². The summed E-state index contributed by atoms with van der Waals surface area (Å²) in [4.78, 5) is 0. The van der Waals surface area contributed by atoms with Crippen LogP contribution in [-0.2, 0) is 13.0 Å². The number of para-hydroxylation sites is 1. The second-order valence-corrected chi connectivity index (χ2v) is 4.26. The molecule has 1 atom stereocenters. The van der Waals surface area contributed by atoms with Crippen molar-refractivity contribution >= 4 is 5.69 Å². The molecule has 1 unspecified atom stereocenters. The molecule has 1 aromatic carbocycles. The van der Waals surface area contributed by atoms with Gasteiger partial charge >= 0.3 is 0 Å². The third kappa shape index (κ3) is 2.69. The Kier molecular flexibility index (Phi) is 3.96. The number of nitrogens with two attached hydrogens (primary N) is 2. The third-order valence-corrected chi connectivity index (χ3v) is 3.02. The molecule has 1 heterocycles. The van der Waals surface area contributed by atoms with Crippen LogP contribution in [-0.4, -0.2) is 9.78 Å². The fraction of sp³-hybridized carbons (Fsp3) is 0.308. The van der Waals surface area contributed by atoms with Crippen molar-refractivity contribution in [3.63, 3.8) is 0 Å². The third-order valence-electron chi connectivity index (χ3n) is 3.02. The monoisotopic (exact) mass is 245 g/mol. The first-order chi connectivity index (χ1) is 8.74. The van der Waals surface area contributed by atoms with Gasteiger partial charge < -0.3 is 5.73 Å². The standard InChI is InChI=1S/C13H19N5/c1-2-18-9-10(8-16-18)7-13(17-15)11-5-3-4-6-12(11)14/h3-6,8-9,13,17H,2,7,14-15H2,1H3. The fourth-order valence-corrected chi connectivity index (χ4v) is 2.01. The molecule has 0 spiro atoms. The van der Waals surface area contributed by atoms with Gasteiger partial charge in [-0.3, -0.25) is 16.0 Å². The summed E-state index contributed by atoms with van der Waals surface area (Å²) >= 11 is 0. The molecule has 18 heavy (non-hydrogen) atoms. The fourth-order valence-electron chi connectivity index (χ4n) is 2.01. The van der Waals surface area contributed by atoms with Gasteiger partial charge in [0, 0.05) is 18.4 Å². The molecule has 0 saturated heterocycles. The van der Waals surface area contributed by atoms with Gasteiger partial charge in [0.15, 0.2) is 0 Å². The molecule has 0 fully saturated rings. The lowest BCUT2D eigenvalue weighted by Crippen LogP contribution is -2.30. The Morgan fingerprint density at radius 1 is 1.39 bits per heavy atom. The Hall–Kier alpha value is -1.85. The van der Waals surface area contributed by atoms with Crippen molar-refractivity contribution in [3.8, 4) is 0 Å². The lowest BCUT2D eigenvalue weighted by Gasteiger charge is -2.17. The lowest BCUT2D eigenvalue weighted by atomic mass is 10.00. The Morgan fingerprint density at radius 3 is 2.78 bits per heavy atom. The molecule has 0 bridgehead atoms. The summed E-state index contributed by atoms with van der Waals surface area (Å²) in [5.74, 6) is 5.63. The maximum atomic E-state index is 5.97. The molecule has 0 aliphatic carbocycles. The number of anilines is 1. The van der Waals surface area contributed by atoms with Gasteiger partial charge in [0.05, 0.1) is 12.2 Å². The summed E-state index contributed by atoms with van der Waals surface area (Å²) in [6, 6.07) is 7.76. The summed E-state index contributed by atoms with van der Waals surface area (Å²) < 4.78 is 1.90. The average molecular weight is 245 g/mol. The molecule has 1 aromatic heterocycles. The first kappa shape index (κ1) is 12.6. The van der Waals surface area contributed by atoms with Crippen molar-refractivity contribution in [3.05, 3.63) is 47.8 Å². The Balaban J connectivity index is 2.17. The predicted molar refractivity (Wildman–Crippen MR) is 72.5 cm³/mol. The van der Waals surface area contributed by atoms with Crippen molar-refractivity contribution in [2.45, 2.75) is 25.9 Å². The molecule has 5 nitrogen and oxygen atoms in total. The van der Waals surface area contributed by atoms with Crippen LogP contribution in [0.4, 0.5) is 5.69 Å². The molecule has 2 aromatic rings. The van der Waals surface area contributed by atoms with Crippen LogP contribution < -0.4 is 17.0 Å². The van der Waals surface area contributed by atoms with Gasteiger partial charge in [-0.25, -0.2) is 0 Å². The molecule has 0 saturated carbocycles. The number of nitrogens with one attached hydrogen (secondary N) is 1.